The maximum atomic E-state index is 6.20. The van der Waals surface area contributed by atoms with E-state index in [1.165, 1.54) is 0 Å². The van der Waals surface area contributed by atoms with E-state index in [1.807, 2.05) is 42.5 Å². The quantitative estimate of drug-likeness (QED) is 0.583. The van der Waals surface area contributed by atoms with E-state index in [0.29, 0.717) is 0 Å². The lowest BCUT2D eigenvalue weighted by molar-refractivity contribution is 0.00578. The minimum atomic E-state index is -0.356. The van der Waals surface area contributed by atoms with Crippen molar-refractivity contribution < 1.29 is 9.31 Å². The van der Waals surface area contributed by atoms with Gasteiger partial charge in [-0.2, -0.15) is 10.2 Å². The molecule has 1 aliphatic rings. The highest BCUT2D eigenvalue weighted by molar-refractivity contribution is 6.63. The van der Waals surface area contributed by atoms with Crippen LogP contribution >= 0.6 is 0 Å². The van der Waals surface area contributed by atoms with Gasteiger partial charge in [0, 0.05) is 0 Å². The van der Waals surface area contributed by atoms with E-state index >= 15 is 0 Å². The normalized spacial score (nSPS) is 18.9. The Morgan fingerprint density at radius 2 is 1.24 bits per heavy atom. The molecule has 4 nitrogen and oxygen atoms in total. The molecule has 0 amide bonds. The SMILES string of the molecule is Cc1cc(N=Nc2ccccc2)cc(C)c1B1OC(C)(C)C(C)(C)O1. The summed E-state index contributed by atoms with van der Waals surface area (Å²) >= 11 is 0. The Labute approximate surface area is 150 Å². The van der Waals surface area contributed by atoms with Crippen LogP contribution < -0.4 is 5.46 Å². The zero-order chi connectivity index (χ0) is 18.2. The molecule has 5 heteroatoms. The number of hydrogen-bond acceptors (Lipinski definition) is 4. The van der Waals surface area contributed by atoms with Gasteiger partial charge in [-0.25, -0.2) is 0 Å². The van der Waals surface area contributed by atoms with Gasteiger partial charge in [0.2, 0.25) is 0 Å². The first-order chi connectivity index (χ1) is 11.7. The molecule has 1 fully saturated rings. The zero-order valence-corrected chi connectivity index (χ0v) is 15.8. The Morgan fingerprint density at radius 1 is 0.760 bits per heavy atom. The summed E-state index contributed by atoms with van der Waals surface area (Å²) < 4.78 is 12.4. The van der Waals surface area contributed by atoms with Crippen LogP contribution in [0, 0.1) is 13.8 Å². The van der Waals surface area contributed by atoms with Gasteiger partial charge in [-0.3, -0.25) is 0 Å². The van der Waals surface area contributed by atoms with Gasteiger partial charge in [-0.05, 0) is 82.4 Å². The summed E-state index contributed by atoms with van der Waals surface area (Å²) in [5, 5.41) is 8.66. The summed E-state index contributed by atoms with van der Waals surface area (Å²) in [4.78, 5) is 0. The third-order valence-electron chi connectivity index (χ3n) is 5.10. The lowest BCUT2D eigenvalue weighted by Crippen LogP contribution is -2.41. The summed E-state index contributed by atoms with van der Waals surface area (Å²) in [6.45, 7) is 12.4. The highest BCUT2D eigenvalue weighted by Crippen LogP contribution is 2.37. The standard InChI is InChI=1S/C20H25BN2O2/c1-14-12-17(23-22-16-10-8-7-9-11-16)13-15(2)18(14)21-24-19(3,4)20(5,6)25-21/h7-13H,1-6H3. The van der Waals surface area contributed by atoms with Gasteiger partial charge in [0.05, 0.1) is 22.6 Å². The molecule has 0 spiro atoms. The van der Waals surface area contributed by atoms with Crippen molar-refractivity contribution in [2.45, 2.75) is 52.7 Å². The summed E-state index contributed by atoms with van der Waals surface area (Å²) in [6.07, 6.45) is 0. The molecular weight excluding hydrogens is 311 g/mol. The van der Waals surface area contributed by atoms with Crippen LogP contribution in [0.5, 0.6) is 0 Å². The highest BCUT2D eigenvalue weighted by Gasteiger charge is 2.52. The lowest BCUT2D eigenvalue weighted by atomic mass is 9.73. The molecule has 1 saturated heterocycles. The van der Waals surface area contributed by atoms with Crippen LogP contribution in [0.3, 0.4) is 0 Å². The minimum Gasteiger partial charge on any atom is -0.399 e. The summed E-state index contributed by atoms with van der Waals surface area (Å²) in [7, 11) is -0.356. The Morgan fingerprint density at radius 3 is 1.76 bits per heavy atom. The Bertz CT molecular complexity index is 762. The number of hydrogen-bond donors (Lipinski definition) is 0. The molecule has 1 aliphatic heterocycles. The number of aryl methyl sites for hydroxylation is 2. The second-order valence-electron chi connectivity index (χ2n) is 7.62. The zero-order valence-electron chi connectivity index (χ0n) is 15.8. The van der Waals surface area contributed by atoms with E-state index < -0.39 is 0 Å². The molecule has 2 aromatic carbocycles. The third-order valence-corrected chi connectivity index (χ3v) is 5.10. The second kappa shape index (κ2) is 6.39. The lowest BCUT2D eigenvalue weighted by Gasteiger charge is -2.32. The summed E-state index contributed by atoms with van der Waals surface area (Å²) in [6, 6.07) is 13.8. The van der Waals surface area contributed by atoms with Crippen molar-refractivity contribution in [3.8, 4) is 0 Å². The van der Waals surface area contributed by atoms with E-state index in [-0.39, 0.29) is 18.3 Å². The predicted molar refractivity (Wildman–Crippen MR) is 102 cm³/mol. The highest BCUT2D eigenvalue weighted by atomic mass is 16.7. The van der Waals surface area contributed by atoms with Gasteiger partial charge < -0.3 is 9.31 Å². The van der Waals surface area contributed by atoms with E-state index in [4.69, 9.17) is 9.31 Å². The van der Waals surface area contributed by atoms with Crippen molar-refractivity contribution in [1.82, 2.24) is 0 Å². The minimum absolute atomic E-state index is 0.345. The fourth-order valence-electron chi connectivity index (χ4n) is 2.95. The molecule has 25 heavy (non-hydrogen) atoms. The van der Waals surface area contributed by atoms with Crippen LogP contribution in [0.15, 0.2) is 52.7 Å². The van der Waals surface area contributed by atoms with E-state index in [2.05, 4.69) is 51.8 Å². The molecule has 0 saturated carbocycles. The van der Waals surface area contributed by atoms with Gasteiger partial charge in [0.15, 0.2) is 0 Å². The molecule has 0 bridgehead atoms. The van der Waals surface area contributed by atoms with Crippen molar-refractivity contribution in [3.63, 3.8) is 0 Å². The maximum Gasteiger partial charge on any atom is 0.495 e. The number of rotatable bonds is 3. The van der Waals surface area contributed by atoms with Crippen LogP contribution in [-0.4, -0.2) is 18.3 Å². The average molecular weight is 336 g/mol. The molecule has 1 heterocycles. The molecule has 2 aromatic rings. The fraction of sp³-hybridized carbons (Fsp3) is 0.400. The Balaban J connectivity index is 1.88. The van der Waals surface area contributed by atoms with Crippen molar-refractivity contribution in [2.75, 3.05) is 0 Å². The molecule has 0 atom stereocenters. The van der Waals surface area contributed by atoms with Crippen LogP contribution in [0.2, 0.25) is 0 Å². The number of benzene rings is 2. The monoisotopic (exact) mass is 336 g/mol. The number of azo groups is 1. The summed E-state index contributed by atoms with van der Waals surface area (Å²) in [5.74, 6) is 0. The maximum absolute atomic E-state index is 6.20. The molecule has 0 radical (unpaired) electrons. The van der Waals surface area contributed by atoms with Crippen LogP contribution in [-0.2, 0) is 9.31 Å². The van der Waals surface area contributed by atoms with Crippen molar-refractivity contribution in [2.24, 2.45) is 10.2 Å². The van der Waals surface area contributed by atoms with E-state index in [0.717, 1.165) is 28.0 Å². The first-order valence-electron chi connectivity index (χ1n) is 8.63. The van der Waals surface area contributed by atoms with Crippen molar-refractivity contribution in [1.29, 1.82) is 0 Å². The molecule has 0 aromatic heterocycles. The molecule has 0 unspecified atom stereocenters. The Hall–Kier alpha value is -1.98. The second-order valence-corrected chi connectivity index (χ2v) is 7.62. The molecule has 130 valence electrons. The van der Waals surface area contributed by atoms with Crippen molar-refractivity contribution in [3.05, 3.63) is 53.6 Å². The first-order valence-corrected chi connectivity index (χ1v) is 8.63. The number of nitrogens with zero attached hydrogens (tertiary/aromatic N) is 2. The van der Waals surface area contributed by atoms with Crippen LogP contribution in [0.4, 0.5) is 11.4 Å². The molecule has 0 aliphatic carbocycles. The first kappa shape index (κ1) is 17.8. The van der Waals surface area contributed by atoms with E-state index in [1.54, 1.807) is 0 Å². The predicted octanol–water partition coefficient (Wildman–Crippen LogP) is 5.02. The van der Waals surface area contributed by atoms with Gasteiger partial charge in [-0.1, -0.05) is 18.2 Å². The smallest absolute Gasteiger partial charge is 0.399 e. The molecule has 3 rings (SSSR count). The fourth-order valence-corrected chi connectivity index (χ4v) is 2.95. The van der Waals surface area contributed by atoms with Gasteiger partial charge >= 0.3 is 7.12 Å². The Kier molecular flexibility index (Phi) is 4.56. The third kappa shape index (κ3) is 3.53. The molecular formula is C20H25BN2O2. The van der Waals surface area contributed by atoms with E-state index in [9.17, 15) is 0 Å². The molecule has 0 N–H and O–H groups in total. The summed E-state index contributed by atoms with van der Waals surface area (Å²) in [5.41, 5.74) is 4.26. The largest absolute Gasteiger partial charge is 0.495 e. The topological polar surface area (TPSA) is 43.2 Å². The van der Waals surface area contributed by atoms with Crippen LogP contribution in [0.1, 0.15) is 38.8 Å². The van der Waals surface area contributed by atoms with Gasteiger partial charge in [0.25, 0.3) is 0 Å². The van der Waals surface area contributed by atoms with Crippen LogP contribution in [0.25, 0.3) is 0 Å². The van der Waals surface area contributed by atoms with Gasteiger partial charge in [-0.15, -0.1) is 0 Å². The average Bonchev–Trinajstić information content (AvgIpc) is 2.73. The van der Waals surface area contributed by atoms with Gasteiger partial charge in [0.1, 0.15) is 0 Å². The van der Waals surface area contributed by atoms with Crippen molar-refractivity contribution >= 4 is 24.0 Å².